The van der Waals surface area contributed by atoms with Crippen molar-refractivity contribution in [1.29, 1.82) is 0 Å². The predicted molar refractivity (Wildman–Crippen MR) is 83.4 cm³/mol. The van der Waals surface area contributed by atoms with Gasteiger partial charge < -0.3 is 14.8 Å². The highest BCUT2D eigenvalue weighted by Gasteiger charge is 2.40. The van der Waals surface area contributed by atoms with E-state index in [1.165, 1.54) is 5.56 Å². The maximum absolute atomic E-state index is 12.7. The molecule has 0 bridgehead atoms. The Morgan fingerprint density at radius 1 is 1.14 bits per heavy atom. The Balaban J connectivity index is 1.57. The zero-order chi connectivity index (χ0) is 14.6. The lowest BCUT2D eigenvalue weighted by molar-refractivity contribution is 0.0771. The molecule has 0 radical (unpaired) electrons. The first-order chi connectivity index (χ1) is 10.1. The lowest BCUT2D eigenvalue weighted by atomic mass is 10.0. The van der Waals surface area contributed by atoms with Crippen LogP contribution in [0.2, 0.25) is 0 Å². The molecule has 0 spiro atoms. The number of aromatic amines is 1. The molecule has 1 aromatic carbocycles. The summed E-state index contributed by atoms with van der Waals surface area (Å²) in [6, 6.07) is 8.24. The largest absolute Gasteiger partial charge is 0.351 e. The molecule has 1 N–H and O–H groups in total. The van der Waals surface area contributed by atoms with Crippen LogP contribution >= 0.6 is 0 Å². The van der Waals surface area contributed by atoms with E-state index in [9.17, 15) is 4.79 Å². The fourth-order valence-corrected chi connectivity index (χ4v) is 3.92. The summed E-state index contributed by atoms with van der Waals surface area (Å²) in [5.41, 5.74) is 2.99. The molecule has 4 heteroatoms. The predicted octanol–water partition coefficient (Wildman–Crippen LogP) is 2.11. The van der Waals surface area contributed by atoms with Crippen molar-refractivity contribution < 1.29 is 4.79 Å². The molecule has 0 aliphatic carbocycles. The van der Waals surface area contributed by atoms with Crippen LogP contribution in [0.1, 0.15) is 16.1 Å². The Kier molecular flexibility index (Phi) is 2.82. The Bertz CT molecular complexity index is 691. The molecule has 2 aliphatic rings. The highest BCUT2D eigenvalue weighted by Crippen LogP contribution is 2.31. The fraction of sp³-hybridized carbons (Fsp3) is 0.471. The van der Waals surface area contributed by atoms with Crippen molar-refractivity contribution in [3.63, 3.8) is 0 Å². The van der Waals surface area contributed by atoms with Gasteiger partial charge in [-0.25, -0.2) is 0 Å². The number of nitrogens with zero attached hydrogens (tertiary/aromatic N) is 2. The van der Waals surface area contributed by atoms with Crippen molar-refractivity contribution in [3.05, 3.63) is 35.5 Å². The van der Waals surface area contributed by atoms with Gasteiger partial charge in [-0.1, -0.05) is 12.1 Å². The monoisotopic (exact) mass is 283 g/mol. The number of hydrogen-bond donors (Lipinski definition) is 1. The van der Waals surface area contributed by atoms with E-state index in [2.05, 4.69) is 42.1 Å². The number of aromatic nitrogens is 1. The van der Waals surface area contributed by atoms with Crippen LogP contribution in [0.3, 0.4) is 0 Å². The van der Waals surface area contributed by atoms with E-state index in [1.54, 1.807) is 0 Å². The first kappa shape index (κ1) is 12.9. The molecule has 2 fully saturated rings. The maximum atomic E-state index is 12.7. The van der Waals surface area contributed by atoms with Crippen molar-refractivity contribution in [1.82, 2.24) is 14.8 Å². The van der Waals surface area contributed by atoms with Crippen molar-refractivity contribution in [3.8, 4) is 0 Å². The second-order valence-corrected chi connectivity index (χ2v) is 6.73. The average Bonchev–Trinajstić information content (AvgIpc) is 3.08. The zero-order valence-corrected chi connectivity index (χ0v) is 12.6. The van der Waals surface area contributed by atoms with Gasteiger partial charge in [0.1, 0.15) is 5.69 Å². The minimum atomic E-state index is 0.154. The van der Waals surface area contributed by atoms with E-state index in [4.69, 9.17) is 0 Å². The lowest BCUT2D eigenvalue weighted by Crippen LogP contribution is -2.32. The number of carbonyl (C=O) groups excluding carboxylic acids is 1. The third kappa shape index (κ3) is 2.14. The van der Waals surface area contributed by atoms with Gasteiger partial charge in [0.25, 0.3) is 5.91 Å². The Hall–Kier alpha value is -1.81. The van der Waals surface area contributed by atoms with Crippen LogP contribution in [0, 0.1) is 18.8 Å². The molecule has 2 aliphatic heterocycles. The van der Waals surface area contributed by atoms with Crippen LogP contribution in [-0.4, -0.2) is 53.9 Å². The van der Waals surface area contributed by atoms with Crippen LogP contribution < -0.4 is 0 Å². The average molecular weight is 283 g/mol. The summed E-state index contributed by atoms with van der Waals surface area (Å²) in [4.78, 5) is 20.4. The van der Waals surface area contributed by atoms with Gasteiger partial charge in [0.05, 0.1) is 0 Å². The molecule has 2 aromatic rings. The maximum Gasteiger partial charge on any atom is 0.270 e. The first-order valence-corrected chi connectivity index (χ1v) is 7.67. The van der Waals surface area contributed by atoms with Gasteiger partial charge >= 0.3 is 0 Å². The van der Waals surface area contributed by atoms with E-state index in [0.29, 0.717) is 11.8 Å². The molecule has 110 valence electrons. The molecular formula is C17H21N3O. The van der Waals surface area contributed by atoms with E-state index in [0.717, 1.165) is 42.8 Å². The second kappa shape index (κ2) is 4.60. The normalized spacial score (nSPS) is 25.7. The molecule has 4 nitrogen and oxygen atoms in total. The fourth-order valence-electron chi connectivity index (χ4n) is 3.92. The third-order valence-electron chi connectivity index (χ3n) is 4.96. The van der Waals surface area contributed by atoms with Crippen LogP contribution in [0.4, 0.5) is 0 Å². The highest BCUT2D eigenvalue weighted by atomic mass is 16.2. The minimum Gasteiger partial charge on any atom is -0.351 e. The molecule has 1 amide bonds. The van der Waals surface area contributed by atoms with Crippen molar-refractivity contribution >= 4 is 16.8 Å². The van der Waals surface area contributed by atoms with Gasteiger partial charge in [0, 0.05) is 37.1 Å². The molecule has 2 atom stereocenters. The van der Waals surface area contributed by atoms with Crippen molar-refractivity contribution in [2.24, 2.45) is 11.8 Å². The van der Waals surface area contributed by atoms with Crippen LogP contribution in [-0.2, 0) is 0 Å². The summed E-state index contributed by atoms with van der Waals surface area (Å²) < 4.78 is 0. The van der Waals surface area contributed by atoms with Gasteiger partial charge in [0.15, 0.2) is 0 Å². The molecule has 1 aromatic heterocycles. The number of fused-ring (bicyclic) bond motifs is 2. The Morgan fingerprint density at radius 3 is 2.57 bits per heavy atom. The van der Waals surface area contributed by atoms with E-state index < -0.39 is 0 Å². The number of carbonyl (C=O) groups is 1. The number of hydrogen-bond acceptors (Lipinski definition) is 2. The third-order valence-corrected chi connectivity index (χ3v) is 4.96. The summed E-state index contributed by atoms with van der Waals surface area (Å²) in [7, 11) is 2.17. The number of H-pyrrole nitrogens is 1. The standard InChI is InChI=1S/C17H21N3O/c1-11-3-4-12-6-16(18-15(12)5-11)17(21)20-9-13-7-19(2)8-14(13)10-20/h3-6,13-14,18H,7-10H2,1-2H3/t13-,14+. The number of aryl methyl sites for hydroxylation is 1. The lowest BCUT2D eigenvalue weighted by Gasteiger charge is -2.18. The van der Waals surface area contributed by atoms with Crippen LogP contribution in [0.25, 0.3) is 10.9 Å². The van der Waals surface area contributed by atoms with Crippen LogP contribution in [0.5, 0.6) is 0 Å². The summed E-state index contributed by atoms with van der Waals surface area (Å²) in [5.74, 6) is 1.47. The SMILES string of the molecule is Cc1ccc2cc(C(=O)N3C[C@H]4CN(C)C[C@H]4C3)[nH]c2c1. The molecule has 0 unspecified atom stereocenters. The number of rotatable bonds is 1. The van der Waals surface area contributed by atoms with Crippen LogP contribution in [0.15, 0.2) is 24.3 Å². The van der Waals surface area contributed by atoms with Gasteiger partial charge in [-0.2, -0.15) is 0 Å². The summed E-state index contributed by atoms with van der Waals surface area (Å²) in [5, 5.41) is 1.11. The van der Waals surface area contributed by atoms with E-state index >= 15 is 0 Å². The number of nitrogens with one attached hydrogen (secondary N) is 1. The summed E-state index contributed by atoms with van der Waals surface area (Å²) >= 11 is 0. The van der Waals surface area contributed by atoms with Crippen molar-refractivity contribution in [2.45, 2.75) is 6.92 Å². The molecule has 4 rings (SSSR count). The number of benzene rings is 1. The zero-order valence-electron chi connectivity index (χ0n) is 12.6. The van der Waals surface area contributed by atoms with Gasteiger partial charge in [-0.3, -0.25) is 4.79 Å². The quantitative estimate of drug-likeness (QED) is 0.870. The van der Waals surface area contributed by atoms with Gasteiger partial charge in [-0.15, -0.1) is 0 Å². The smallest absolute Gasteiger partial charge is 0.270 e. The number of likely N-dealkylation sites (tertiary alicyclic amines) is 2. The second-order valence-electron chi connectivity index (χ2n) is 6.73. The molecule has 0 saturated carbocycles. The number of amides is 1. The Morgan fingerprint density at radius 2 is 1.86 bits per heavy atom. The minimum absolute atomic E-state index is 0.154. The van der Waals surface area contributed by atoms with Gasteiger partial charge in [0.2, 0.25) is 0 Å². The molecule has 2 saturated heterocycles. The first-order valence-electron chi connectivity index (χ1n) is 7.67. The summed E-state index contributed by atoms with van der Waals surface area (Å²) in [6.07, 6.45) is 0. The topological polar surface area (TPSA) is 39.3 Å². The Labute approximate surface area is 124 Å². The molecular weight excluding hydrogens is 262 g/mol. The van der Waals surface area contributed by atoms with Crippen molar-refractivity contribution in [2.75, 3.05) is 33.2 Å². The summed E-state index contributed by atoms with van der Waals surface area (Å²) in [6.45, 7) is 6.13. The van der Waals surface area contributed by atoms with E-state index in [-0.39, 0.29) is 5.91 Å². The molecule has 21 heavy (non-hydrogen) atoms. The van der Waals surface area contributed by atoms with E-state index in [1.807, 2.05) is 11.0 Å². The molecule has 3 heterocycles. The highest BCUT2D eigenvalue weighted by molar-refractivity contribution is 5.98. The van der Waals surface area contributed by atoms with Gasteiger partial charge in [-0.05, 0) is 43.5 Å².